The first kappa shape index (κ1) is 17.5. The van der Waals surface area contributed by atoms with Crippen LogP contribution >= 0.6 is 0 Å². The van der Waals surface area contributed by atoms with Crippen LogP contribution in [0.5, 0.6) is 5.75 Å². The summed E-state index contributed by atoms with van der Waals surface area (Å²) in [5, 5.41) is 0.396. The maximum Gasteiger partial charge on any atom is 0.340 e. The SMILES string of the molecule is Cc1cc2oc(-c3ccccc3)c(OC(=O)C3CCCO3)c(=O)c2cc1C. The fourth-order valence-corrected chi connectivity index (χ4v) is 3.24. The Kier molecular flexibility index (Phi) is 4.54. The smallest absolute Gasteiger partial charge is 0.340 e. The minimum Gasteiger partial charge on any atom is -0.452 e. The lowest BCUT2D eigenvalue weighted by Gasteiger charge is -2.13. The molecule has 1 saturated heterocycles. The Morgan fingerprint density at radius 3 is 2.56 bits per heavy atom. The van der Waals surface area contributed by atoms with Crippen LogP contribution in [0.15, 0.2) is 51.7 Å². The van der Waals surface area contributed by atoms with Gasteiger partial charge in [-0.2, -0.15) is 0 Å². The molecule has 1 unspecified atom stereocenters. The molecule has 5 heteroatoms. The second-order valence-electron chi connectivity index (χ2n) is 6.81. The van der Waals surface area contributed by atoms with Crippen molar-refractivity contribution in [3.8, 4) is 17.1 Å². The minimum atomic E-state index is -0.636. The lowest BCUT2D eigenvalue weighted by molar-refractivity contribution is -0.144. The van der Waals surface area contributed by atoms with Crippen LogP contribution in [-0.2, 0) is 9.53 Å². The molecular weight excluding hydrogens is 344 g/mol. The Balaban J connectivity index is 1.90. The van der Waals surface area contributed by atoms with Crippen LogP contribution in [0.3, 0.4) is 0 Å². The second kappa shape index (κ2) is 7.00. The summed E-state index contributed by atoms with van der Waals surface area (Å²) >= 11 is 0. The van der Waals surface area contributed by atoms with E-state index in [1.807, 2.05) is 50.2 Å². The first-order chi connectivity index (χ1) is 13.0. The molecule has 4 rings (SSSR count). The van der Waals surface area contributed by atoms with Crippen molar-refractivity contribution in [3.05, 3.63) is 63.8 Å². The van der Waals surface area contributed by atoms with Crippen molar-refractivity contribution in [1.29, 1.82) is 0 Å². The van der Waals surface area contributed by atoms with Crippen molar-refractivity contribution >= 4 is 16.9 Å². The predicted octanol–water partition coefficient (Wildman–Crippen LogP) is 4.16. The molecule has 0 saturated carbocycles. The molecule has 27 heavy (non-hydrogen) atoms. The third kappa shape index (κ3) is 3.26. The fraction of sp³-hybridized carbons (Fsp3) is 0.273. The van der Waals surface area contributed by atoms with Gasteiger partial charge in [0.25, 0.3) is 0 Å². The molecule has 5 nitrogen and oxygen atoms in total. The Morgan fingerprint density at radius 1 is 1.11 bits per heavy atom. The standard InChI is InChI=1S/C22H20O5/c1-13-11-16-18(12-14(13)2)26-20(15-7-4-3-5-8-15)21(19(16)23)27-22(24)17-9-6-10-25-17/h3-5,7-8,11-12,17H,6,9-10H2,1-2H3. The number of ether oxygens (including phenoxy) is 2. The van der Waals surface area contributed by atoms with Crippen molar-refractivity contribution < 1.29 is 18.7 Å². The molecular formula is C22H20O5. The molecule has 0 bridgehead atoms. The summed E-state index contributed by atoms with van der Waals surface area (Å²) in [6, 6.07) is 12.8. The molecule has 2 aromatic carbocycles. The lowest BCUT2D eigenvalue weighted by atomic mass is 10.0. The molecule has 138 valence electrons. The number of carbonyl (C=O) groups excluding carboxylic acids is 1. The molecule has 0 amide bonds. The first-order valence-corrected chi connectivity index (χ1v) is 9.01. The van der Waals surface area contributed by atoms with Crippen LogP contribution in [-0.4, -0.2) is 18.7 Å². The second-order valence-corrected chi connectivity index (χ2v) is 6.81. The third-order valence-corrected chi connectivity index (χ3v) is 4.90. The van der Waals surface area contributed by atoms with Crippen LogP contribution in [0.4, 0.5) is 0 Å². The molecule has 3 aromatic rings. The van der Waals surface area contributed by atoms with E-state index in [4.69, 9.17) is 13.9 Å². The Bertz CT molecular complexity index is 1060. The molecule has 0 N–H and O–H groups in total. The van der Waals surface area contributed by atoms with Crippen LogP contribution in [0.25, 0.3) is 22.3 Å². The van der Waals surface area contributed by atoms with Crippen LogP contribution < -0.4 is 10.2 Å². The zero-order valence-electron chi connectivity index (χ0n) is 15.3. The summed E-state index contributed by atoms with van der Waals surface area (Å²) in [5.41, 5.74) is 2.78. The third-order valence-electron chi connectivity index (χ3n) is 4.90. The Labute approximate surface area is 156 Å². The highest BCUT2D eigenvalue weighted by molar-refractivity contribution is 5.86. The van der Waals surface area contributed by atoms with Gasteiger partial charge in [0, 0.05) is 12.2 Å². The van der Waals surface area contributed by atoms with E-state index in [1.54, 1.807) is 6.07 Å². The van der Waals surface area contributed by atoms with E-state index >= 15 is 0 Å². The monoisotopic (exact) mass is 364 g/mol. The number of carbonyl (C=O) groups is 1. The fourth-order valence-electron chi connectivity index (χ4n) is 3.24. The molecule has 0 aliphatic carbocycles. The normalized spacial score (nSPS) is 16.6. The summed E-state index contributed by atoms with van der Waals surface area (Å²) in [6.07, 6.45) is 0.760. The average Bonchev–Trinajstić information content (AvgIpc) is 3.21. The maximum atomic E-state index is 13.2. The van der Waals surface area contributed by atoms with Gasteiger partial charge in [0.1, 0.15) is 5.58 Å². The first-order valence-electron chi connectivity index (χ1n) is 9.01. The van der Waals surface area contributed by atoms with Gasteiger partial charge >= 0.3 is 5.97 Å². The number of fused-ring (bicyclic) bond motifs is 1. The molecule has 2 heterocycles. The van der Waals surface area contributed by atoms with Crippen molar-refractivity contribution in [3.63, 3.8) is 0 Å². The zero-order valence-corrected chi connectivity index (χ0v) is 15.3. The largest absolute Gasteiger partial charge is 0.452 e. The van der Waals surface area contributed by atoms with Crippen LogP contribution in [0.2, 0.25) is 0 Å². The number of aryl methyl sites for hydroxylation is 2. The van der Waals surface area contributed by atoms with Gasteiger partial charge in [-0.05, 0) is 49.9 Å². The van der Waals surface area contributed by atoms with E-state index in [2.05, 4.69) is 0 Å². The van der Waals surface area contributed by atoms with E-state index in [9.17, 15) is 9.59 Å². The maximum absolute atomic E-state index is 13.2. The summed E-state index contributed by atoms with van der Waals surface area (Å²) in [6.45, 7) is 4.41. The average molecular weight is 364 g/mol. The quantitative estimate of drug-likeness (QED) is 0.653. The van der Waals surface area contributed by atoms with Gasteiger partial charge in [-0.15, -0.1) is 0 Å². The van der Waals surface area contributed by atoms with E-state index in [1.165, 1.54) is 0 Å². The number of hydrogen-bond donors (Lipinski definition) is 0. The minimum absolute atomic E-state index is 0.0857. The number of benzene rings is 2. The van der Waals surface area contributed by atoms with Crippen molar-refractivity contribution in [2.45, 2.75) is 32.8 Å². The van der Waals surface area contributed by atoms with Crippen molar-refractivity contribution in [1.82, 2.24) is 0 Å². The van der Waals surface area contributed by atoms with E-state index in [-0.39, 0.29) is 16.9 Å². The van der Waals surface area contributed by atoms with Gasteiger partial charge in [-0.25, -0.2) is 4.79 Å². The molecule has 1 fully saturated rings. The molecule has 0 spiro atoms. The molecule has 1 aliphatic rings. The summed E-state index contributed by atoms with van der Waals surface area (Å²) in [7, 11) is 0. The zero-order chi connectivity index (χ0) is 19.0. The molecule has 1 aromatic heterocycles. The predicted molar refractivity (Wildman–Crippen MR) is 102 cm³/mol. The van der Waals surface area contributed by atoms with Gasteiger partial charge in [-0.3, -0.25) is 4.79 Å². The highest BCUT2D eigenvalue weighted by Gasteiger charge is 2.28. The van der Waals surface area contributed by atoms with E-state index in [0.29, 0.717) is 29.6 Å². The van der Waals surface area contributed by atoms with Crippen molar-refractivity contribution in [2.75, 3.05) is 6.61 Å². The van der Waals surface area contributed by atoms with E-state index < -0.39 is 12.1 Å². The topological polar surface area (TPSA) is 65.7 Å². The Morgan fingerprint density at radius 2 is 1.85 bits per heavy atom. The highest BCUT2D eigenvalue weighted by atomic mass is 16.6. The number of rotatable bonds is 3. The van der Waals surface area contributed by atoms with Gasteiger partial charge in [-0.1, -0.05) is 30.3 Å². The lowest BCUT2D eigenvalue weighted by Crippen LogP contribution is -2.27. The summed E-state index contributed by atoms with van der Waals surface area (Å²) in [5.74, 6) is -0.389. The van der Waals surface area contributed by atoms with Crippen LogP contribution in [0.1, 0.15) is 24.0 Å². The summed E-state index contributed by atoms with van der Waals surface area (Å²) in [4.78, 5) is 25.6. The molecule has 1 aliphatic heterocycles. The van der Waals surface area contributed by atoms with Gasteiger partial charge in [0.05, 0.1) is 5.39 Å². The Hall–Kier alpha value is -2.92. The van der Waals surface area contributed by atoms with Gasteiger partial charge in [0.15, 0.2) is 11.9 Å². The van der Waals surface area contributed by atoms with Gasteiger partial charge < -0.3 is 13.9 Å². The highest BCUT2D eigenvalue weighted by Crippen LogP contribution is 2.32. The van der Waals surface area contributed by atoms with Crippen molar-refractivity contribution in [2.24, 2.45) is 0 Å². The number of hydrogen-bond acceptors (Lipinski definition) is 5. The van der Waals surface area contributed by atoms with Crippen LogP contribution in [0, 0.1) is 13.8 Å². The molecule has 0 radical (unpaired) electrons. The summed E-state index contributed by atoms with van der Waals surface area (Å²) < 4.78 is 17.0. The van der Waals surface area contributed by atoms with Gasteiger partial charge in [0.2, 0.25) is 11.2 Å². The number of esters is 1. The molecule has 1 atom stereocenters. The van der Waals surface area contributed by atoms with E-state index in [0.717, 1.165) is 17.5 Å².